The van der Waals surface area contributed by atoms with Crippen molar-refractivity contribution in [1.82, 2.24) is 5.32 Å². The van der Waals surface area contributed by atoms with Crippen LogP contribution in [0.2, 0.25) is 0 Å². The van der Waals surface area contributed by atoms with Gasteiger partial charge in [-0.3, -0.25) is 9.59 Å². The number of benzene rings is 2. The van der Waals surface area contributed by atoms with E-state index in [9.17, 15) is 14.0 Å². The molecule has 1 aliphatic heterocycles. The summed E-state index contributed by atoms with van der Waals surface area (Å²) in [7, 11) is 0. The number of carbonyl (C=O) groups excluding carboxylic acids is 2. The van der Waals surface area contributed by atoms with E-state index < -0.39 is 11.7 Å². The first-order valence-electron chi connectivity index (χ1n) is 9.55. The lowest BCUT2D eigenvalue weighted by Crippen LogP contribution is -2.34. The average Bonchev–Trinajstić information content (AvgIpc) is 3.10. The molecule has 0 aliphatic carbocycles. The Labute approximate surface area is 164 Å². The number of para-hydroxylation sites is 1. The summed E-state index contributed by atoms with van der Waals surface area (Å²) >= 11 is 0. The highest BCUT2D eigenvalue weighted by Gasteiger charge is 2.35. The van der Waals surface area contributed by atoms with Crippen LogP contribution >= 0.6 is 0 Å². The van der Waals surface area contributed by atoms with Crippen LogP contribution in [-0.2, 0) is 14.3 Å². The summed E-state index contributed by atoms with van der Waals surface area (Å²) in [6, 6.07) is 16.1. The molecule has 5 nitrogen and oxygen atoms in total. The molecule has 2 atom stereocenters. The van der Waals surface area contributed by atoms with E-state index in [-0.39, 0.29) is 36.6 Å². The van der Waals surface area contributed by atoms with Crippen LogP contribution in [0.4, 0.5) is 10.1 Å². The number of carbonyl (C=O) groups is 2. The molecule has 2 aromatic rings. The lowest BCUT2D eigenvalue weighted by molar-refractivity contribution is -0.126. The summed E-state index contributed by atoms with van der Waals surface area (Å²) in [4.78, 5) is 25.9. The Morgan fingerprint density at radius 2 is 1.93 bits per heavy atom. The van der Waals surface area contributed by atoms with Gasteiger partial charge in [-0.05, 0) is 31.0 Å². The predicted molar refractivity (Wildman–Crippen MR) is 105 cm³/mol. The first-order valence-corrected chi connectivity index (χ1v) is 9.55. The van der Waals surface area contributed by atoms with Crippen LogP contribution < -0.4 is 10.2 Å². The third-order valence-corrected chi connectivity index (χ3v) is 4.90. The summed E-state index contributed by atoms with van der Waals surface area (Å²) in [5.41, 5.74) is 1.34. The number of amides is 2. The molecule has 2 unspecified atom stereocenters. The highest BCUT2D eigenvalue weighted by Crippen LogP contribution is 2.27. The quantitative estimate of drug-likeness (QED) is 0.709. The van der Waals surface area contributed by atoms with E-state index in [1.807, 2.05) is 37.3 Å². The fraction of sp³-hybridized carbons (Fsp3) is 0.364. The Hall–Kier alpha value is -2.73. The average molecular weight is 384 g/mol. The Morgan fingerprint density at radius 3 is 2.68 bits per heavy atom. The molecule has 1 fully saturated rings. The van der Waals surface area contributed by atoms with Crippen molar-refractivity contribution < 1.29 is 18.7 Å². The highest BCUT2D eigenvalue weighted by molar-refractivity contribution is 6.00. The van der Waals surface area contributed by atoms with Gasteiger partial charge in [0.1, 0.15) is 5.82 Å². The molecule has 0 spiro atoms. The molecular weight excluding hydrogens is 359 g/mol. The summed E-state index contributed by atoms with van der Waals surface area (Å²) in [6.45, 7) is 3.20. The second-order valence-corrected chi connectivity index (χ2v) is 6.93. The van der Waals surface area contributed by atoms with Crippen molar-refractivity contribution in [3.05, 3.63) is 66.0 Å². The van der Waals surface area contributed by atoms with E-state index >= 15 is 0 Å². The highest BCUT2D eigenvalue weighted by atomic mass is 19.1. The smallest absolute Gasteiger partial charge is 0.227 e. The largest absolute Gasteiger partial charge is 0.374 e. The first-order chi connectivity index (χ1) is 13.6. The number of halogens is 1. The minimum absolute atomic E-state index is 0.00122. The molecular formula is C22H25FN2O3. The SMILES string of the molecule is CC(OCCCNC(=O)C1CC(=O)N(c2ccccc2F)C1)c1ccccc1. The van der Waals surface area contributed by atoms with Gasteiger partial charge in [-0.1, -0.05) is 42.5 Å². The second kappa shape index (κ2) is 9.46. The number of ether oxygens (including phenoxy) is 1. The van der Waals surface area contributed by atoms with E-state index in [0.717, 1.165) is 5.56 Å². The Balaban J connectivity index is 1.40. The van der Waals surface area contributed by atoms with Crippen LogP contribution in [-0.4, -0.2) is 31.5 Å². The van der Waals surface area contributed by atoms with E-state index in [0.29, 0.717) is 19.6 Å². The summed E-state index contributed by atoms with van der Waals surface area (Å²) in [5, 5.41) is 2.85. The maximum atomic E-state index is 13.9. The van der Waals surface area contributed by atoms with Crippen molar-refractivity contribution in [3.8, 4) is 0 Å². The molecule has 0 saturated carbocycles. The maximum absolute atomic E-state index is 13.9. The molecule has 1 saturated heterocycles. The van der Waals surface area contributed by atoms with Crippen molar-refractivity contribution in [2.45, 2.75) is 25.9 Å². The van der Waals surface area contributed by atoms with E-state index in [1.165, 1.54) is 11.0 Å². The lowest BCUT2D eigenvalue weighted by atomic mass is 10.1. The fourth-order valence-electron chi connectivity index (χ4n) is 3.30. The standard InChI is InChI=1S/C22H25FN2O3/c1-16(17-8-3-2-4-9-17)28-13-7-12-24-22(27)18-14-21(26)25(15-18)20-11-6-5-10-19(20)23/h2-6,8-11,16,18H,7,12-15H2,1H3,(H,24,27). The fourth-order valence-corrected chi connectivity index (χ4v) is 3.30. The zero-order valence-corrected chi connectivity index (χ0v) is 15.9. The van der Waals surface area contributed by atoms with Crippen molar-refractivity contribution in [1.29, 1.82) is 0 Å². The van der Waals surface area contributed by atoms with Crippen LogP contribution in [0.25, 0.3) is 0 Å². The first kappa shape index (κ1) is 20.0. The van der Waals surface area contributed by atoms with Crippen molar-refractivity contribution in [3.63, 3.8) is 0 Å². The third kappa shape index (κ3) is 4.95. The normalized spacial score (nSPS) is 17.6. The molecule has 28 heavy (non-hydrogen) atoms. The van der Waals surface area contributed by atoms with Gasteiger partial charge in [0.05, 0.1) is 17.7 Å². The second-order valence-electron chi connectivity index (χ2n) is 6.93. The van der Waals surface area contributed by atoms with Gasteiger partial charge in [-0.25, -0.2) is 4.39 Å². The lowest BCUT2D eigenvalue weighted by Gasteiger charge is -2.17. The van der Waals surface area contributed by atoms with Crippen molar-refractivity contribution in [2.24, 2.45) is 5.92 Å². The van der Waals surface area contributed by atoms with Gasteiger partial charge in [0.2, 0.25) is 11.8 Å². The Morgan fingerprint density at radius 1 is 1.21 bits per heavy atom. The molecule has 6 heteroatoms. The van der Waals surface area contributed by atoms with Crippen LogP contribution in [0.3, 0.4) is 0 Å². The summed E-state index contributed by atoms with van der Waals surface area (Å²) < 4.78 is 19.7. The van der Waals surface area contributed by atoms with Gasteiger partial charge < -0.3 is 15.0 Å². The van der Waals surface area contributed by atoms with Gasteiger partial charge >= 0.3 is 0 Å². The van der Waals surface area contributed by atoms with Gasteiger partial charge in [-0.2, -0.15) is 0 Å². The number of rotatable bonds is 8. The topological polar surface area (TPSA) is 58.6 Å². The van der Waals surface area contributed by atoms with E-state index in [4.69, 9.17) is 4.74 Å². The molecule has 1 heterocycles. The van der Waals surface area contributed by atoms with Crippen LogP contribution in [0, 0.1) is 11.7 Å². The predicted octanol–water partition coefficient (Wildman–Crippen LogP) is 3.46. The molecule has 0 radical (unpaired) electrons. The molecule has 0 bridgehead atoms. The van der Waals surface area contributed by atoms with Gasteiger partial charge in [0.25, 0.3) is 0 Å². The Kier molecular flexibility index (Phi) is 6.76. The van der Waals surface area contributed by atoms with Crippen LogP contribution in [0.15, 0.2) is 54.6 Å². The van der Waals surface area contributed by atoms with Crippen molar-refractivity contribution in [2.75, 3.05) is 24.6 Å². The number of hydrogen-bond acceptors (Lipinski definition) is 3. The van der Waals surface area contributed by atoms with Crippen LogP contribution in [0.1, 0.15) is 31.4 Å². The van der Waals surface area contributed by atoms with Crippen LogP contribution in [0.5, 0.6) is 0 Å². The molecule has 2 amide bonds. The number of nitrogens with zero attached hydrogens (tertiary/aromatic N) is 1. The molecule has 3 rings (SSSR count). The molecule has 0 aromatic heterocycles. The minimum atomic E-state index is -0.462. The molecule has 1 aliphatic rings. The van der Waals surface area contributed by atoms with Gasteiger partial charge in [0, 0.05) is 26.1 Å². The third-order valence-electron chi connectivity index (χ3n) is 4.90. The Bertz CT molecular complexity index is 812. The summed E-state index contributed by atoms with van der Waals surface area (Å²) in [6.07, 6.45) is 0.779. The van der Waals surface area contributed by atoms with E-state index in [1.54, 1.807) is 18.2 Å². The van der Waals surface area contributed by atoms with E-state index in [2.05, 4.69) is 5.32 Å². The number of anilines is 1. The summed E-state index contributed by atoms with van der Waals surface area (Å²) in [5.74, 6) is -1.33. The molecule has 2 aromatic carbocycles. The van der Waals surface area contributed by atoms with Crippen molar-refractivity contribution >= 4 is 17.5 Å². The monoisotopic (exact) mass is 384 g/mol. The maximum Gasteiger partial charge on any atom is 0.227 e. The zero-order valence-electron chi connectivity index (χ0n) is 15.9. The number of hydrogen-bond donors (Lipinski definition) is 1. The zero-order chi connectivity index (χ0) is 19.9. The minimum Gasteiger partial charge on any atom is -0.374 e. The molecule has 1 N–H and O–H groups in total. The van der Waals surface area contributed by atoms with Gasteiger partial charge in [0.15, 0.2) is 0 Å². The van der Waals surface area contributed by atoms with Gasteiger partial charge in [-0.15, -0.1) is 0 Å². The molecule has 148 valence electrons. The number of nitrogens with one attached hydrogen (secondary N) is 1.